The molecule has 3 N–H and O–H groups in total. The number of nitrogens with one attached hydrogen (secondary N) is 1. The molecule has 8 heteroatoms. The van der Waals surface area contributed by atoms with Gasteiger partial charge in [0.2, 0.25) is 5.91 Å². The average Bonchev–Trinajstić information content (AvgIpc) is 3.30. The molecule has 0 spiro atoms. The number of carbonyl (C=O) groups excluding carboxylic acids is 4. The van der Waals surface area contributed by atoms with Crippen molar-refractivity contribution in [2.75, 3.05) is 19.6 Å². The van der Waals surface area contributed by atoms with Gasteiger partial charge in [-0.15, -0.1) is 6.58 Å². The van der Waals surface area contributed by atoms with Gasteiger partial charge >= 0.3 is 17.8 Å². The molecule has 0 aromatic carbocycles. The van der Waals surface area contributed by atoms with E-state index in [2.05, 4.69) is 11.9 Å². The fourth-order valence-corrected chi connectivity index (χ4v) is 2.52. The Morgan fingerprint density at radius 2 is 1.95 bits per heavy atom. The molecule has 1 atom stereocenters. The van der Waals surface area contributed by atoms with Crippen LogP contribution in [0.15, 0.2) is 12.7 Å². The molecule has 2 rings (SSSR count). The maximum absolute atomic E-state index is 12.1. The molecule has 0 aromatic rings. The Labute approximate surface area is 128 Å². The van der Waals surface area contributed by atoms with Gasteiger partial charge in [0.25, 0.3) is 0 Å². The summed E-state index contributed by atoms with van der Waals surface area (Å²) in [4.78, 5) is 49.0. The van der Waals surface area contributed by atoms with Crippen molar-refractivity contribution < 1.29 is 19.2 Å². The van der Waals surface area contributed by atoms with Gasteiger partial charge in [0, 0.05) is 13.1 Å². The van der Waals surface area contributed by atoms with Crippen molar-refractivity contribution in [1.82, 2.24) is 15.1 Å². The highest BCUT2D eigenvalue weighted by Crippen LogP contribution is 2.38. The van der Waals surface area contributed by atoms with Gasteiger partial charge in [-0.1, -0.05) is 6.08 Å². The molecular weight excluding hydrogens is 288 g/mol. The van der Waals surface area contributed by atoms with Crippen molar-refractivity contribution in [1.29, 1.82) is 0 Å². The van der Waals surface area contributed by atoms with Gasteiger partial charge in [-0.2, -0.15) is 0 Å². The lowest BCUT2D eigenvalue weighted by molar-refractivity contribution is -0.144. The summed E-state index contributed by atoms with van der Waals surface area (Å²) in [6, 6.07) is -0.800. The first kappa shape index (κ1) is 16.2. The molecule has 22 heavy (non-hydrogen) atoms. The molecule has 120 valence electrons. The number of rotatable bonds is 7. The summed E-state index contributed by atoms with van der Waals surface area (Å²) in [7, 11) is 0. The number of nitrogens with two attached hydrogens (primary N) is 1. The van der Waals surface area contributed by atoms with Crippen molar-refractivity contribution in [3.63, 3.8) is 0 Å². The first-order valence-electron chi connectivity index (χ1n) is 7.13. The van der Waals surface area contributed by atoms with Crippen LogP contribution in [0.4, 0.5) is 4.79 Å². The van der Waals surface area contributed by atoms with Crippen molar-refractivity contribution in [2.24, 2.45) is 11.7 Å². The van der Waals surface area contributed by atoms with E-state index in [9.17, 15) is 19.2 Å². The van der Waals surface area contributed by atoms with Crippen LogP contribution in [-0.4, -0.2) is 58.7 Å². The van der Waals surface area contributed by atoms with E-state index in [1.165, 1.54) is 6.08 Å². The third-order valence-corrected chi connectivity index (χ3v) is 4.08. The minimum absolute atomic E-state index is 0.0654. The smallest absolute Gasteiger partial charge is 0.335 e. The first-order valence-corrected chi connectivity index (χ1v) is 7.13. The molecule has 5 amide bonds. The second-order valence-electron chi connectivity index (χ2n) is 5.82. The third-order valence-electron chi connectivity index (χ3n) is 4.08. The summed E-state index contributed by atoms with van der Waals surface area (Å²) in [6.45, 7) is 4.98. The summed E-state index contributed by atoms with van der Waals surface area (Å²) < 4.78 is 0. The zero-order valence-electron chi connectivity index (χ0n) is 12.5. The zero-order valence-corrected chi connectivity index (χ0v) is 12.5. The maximum Gasteiger partial charge on any atom is 0.335 e. The van der Waals surface area contributed by atoms with E-state index in [-0.39, 0.29) is 13.1 Å². The minimum Gasteiger partial charge on any atom is -0.348 e. The highest BCUT2D eigenvalue weighted by Gasteiger charge is 2.46. The quantitative estimate of drug-likeness (QED) is 0.363. The van der Waals surface area contributed by atoms with Crippen LogP contribution in [-0.2, 0) is 14.4 Å². The van der Waals surface area contributed by atoms with Crippen LogP contribution in [0, 0.1) is 5.92 Å². The number of amides is 5. The van der Waals surface area contributed by atoms with E-state index in [0.717, 1.165) is 17.7 Å². The monoisotopic (exact) mass is 308 g/mol. The molecule has 1 saturated carbocycles. The molecule has 2 fully saturated rings. The number of nitrogens with zero attached hydrogens (tertiary/aromatic N) is 2. The van der Waals surface area contributed by atoms with Gasteiger partial charge in [-0.3, -0.25) is 19.3 Å². The lowest BCUT2D eigenvalue weighted by atomic mass is 9.96. The molecule has 0 radical (unpaired) electrons. The molecule has 8 nitrogen and oxygen atoms in total. The molecule has 1 unspecified atom stereocenters. The van der Waals surface area contributed by atoms with E-state index >= 15 is 0 Å². The Balaban J connectivity index is 2.02. The van der Waals surface area contributed by atoms with Crippen LogP contribution in [0.5, 0.6) is 0 Å². The SMILES string of the molecule is C=CCN1C(=O)C(=O)N(CC(=O)NC(C)(CN)C2CC2)C1=O. The second-order valence-corrected chi connectivity index (χ2v) is 5.82. The average molecular weight is 308 g/mol. The number of urea groups is 1. The molecule has 0 aromatic heterocycles. The van der Waals surface area contributed by atoms with Crippen LogP contribution < -0.4 is 11.1 Å². The van der Waals surface area contributed by atoms with Gasteiger partial charge in [-0.25, -0.2) is 9.69 Å². The van der Waals surface area contributed by atoms with Crippen LogP contribution in [0.3, 0.4) is 0 Å². The third kappa shape index (κ3) is 2.87. The van der Waals surface area contributed by atoms with E-state index in [4.69, 9.17) is 5.73 Å². The molecule has 0 bridgehead atoms. The first-order chi connectivity index (χ1) is 10.3. The molecule has 1 heterocycles. The van der Waals surface area contributed by atoms with Crippen molar-refractivity contribution in [3.05, 3.63) is 12.7 Å². The maximum atomic E-state index is 12.1. The number of imide groups is 2. The highest BCUT2D eigenvalue weighted by atomic mass is 16.2. The Morgan fingerprint density at radius 1 is 1.36 bits per heavy atom. The van der Waals surface area contributed by atoms with Crippen molar-refractivity contribution in [3.8, 4) is 0 Å². The summed E-state index contributed by atoms with van der Waals surface area (Å²) in [5.74, 6) is -2.13. The lowest BCUT2D eigenvalue weighted by Gasteiger charge is -2.30. The molecule has 1 aliphatic carbocycles. The van der Waals surface area contributed by atoms with Gasteiger partial charge in [0.15, 0.2) is 0 Å². The van der Waals surface area contributed by atoms with E-state index < -0.39 is 35.8 Å². The van der Waals surface area contributed by atoms with Crippen LogP contribution in [0.1, 0.15) is 19.8 Å². The minimum atomic E-state index is -0.997. The molecule has 1 aliphatic heterocycles. The lowest BCUT2D eigenvalue weighted by Crippen LogP contribution is -2.55. The summed E-state index contributed by atoms with van der Waals surface area (Å²) in [5.41, 5.74) is 5.16. The van der Waals surface area contributed by atoms with Gasteiger partial charge in [-0.05, 0) is 25.7 Å². The Hall–Kier alpha value is -2.22. The number of carbonyl (C=O) groups is 4. The molecule has 2 aliphatic rings. The van der Waals surface area contributed by atoms with E-state index in [1.807, 2.05) is 6.92 Å². The number of hydrogen-bond donors (Lipinski definition) is 2. The van der Waals surface area contributed by atoms with Gasteiger partial charge in [0.1, 0.15) is 6.54 Å². The van der Waals surface area contributed by atoms with Crippen LogP contribution in [0.25, 0.3) is 0 Å². The van der Waals surface area contributed by atoms with Crippen molar-refractivity contribution >= 4 is 23.8 Å². The normalized spacial score (nSPS) is 21.1. The fourth-order valence-electron chi connectivity index (χ4n) is 2.52. The topological polar surface area (TPSA) is 113 Å². The standard InChI is InChI=1S/C14H20N4O4/c1-3-6-17-11(20)12(21)18(13(17)22)7-10(19)16-14(2,8-15)9-4-5-9/h3,9H,1,4-8,15H2,2H3,(H,16,19). The summed E-state index contributed by atoms with van der Waals surface area (Å²) in [6.07, 6.45) is 3.31. The predicted molar refractivity (Wildman–Crippen MR) is 77.3 cm³/mol. The molecular formula is C14H20N4O4. The molecule has 1 saturated heterocycles. The summed E-state index contributed by atoms with van der Waals surface area (Å²) >= 11 is 0. The number of hydrogen-bond acceptors (Lipinski definition) is 5. The largest absolute Gasteiger partial charge is 0.348 e. The zero-order chi connectivity index (χ0) is 16.5. The second kappa shape index (κ2) is 5.88. The van der Waals surface area contributed by atoms with Crippen molar-refractivity contribution in [2.45, 2.75) is 25.3 Å². The highest BCUT2D eigenvalue weighted by molar-refractivity contribution is 6.45. The van der Waals surface area contributed by atoms with E-state index in [1.54, 1.807) is 0 Å². The van der Waals surface area contributed by atoms with E-state index in [0.29, 0.717) is 10.8 Å². The predicted octanol–water partition coefficient (Wildman–Crippen LogP) is -0.793. The Morgan fingerprint density at radius 3 is 2.45 bits per heavy atom. The summed E-state index contributed by atoms with van der Waals surface area (Å²) in [5, 5.41) is 2.77. The van der Waals surface area contributed by atoms with Gasteiger partial charge in [0.05, 0.1) is 5.54 Å². The van der Waals surface area contributed by atoms with Crippen LogP contribution in [0.2, 0.25) is 0 Å². The van der Waals surface area contributed by atoms with Crippen LogP contribution >= 0.6 is 0 Å². The fraction of sp³-hybridized carbons (Fsp3) is 0.571. The Bertz CT molecular complexity index is 543. The Kier molecular flexibility index (Phi) is 4.32. The van der Waals surface area contributed by atoms with Gasteiger partial charge < -0.3 is 11.1 Å².